The maximum atomic E-state index is 12.5. The number of benzene rings is 1. The van der Waals surface area contributed by atoms with Crippen LogP contribution >= 0.6 is 0 Å². The summed E-state index contributed by atoms with van der Waals surface area (Å²) >= 11 is 0. The van der Waals surface area contributed by atoms with Gasteiger partial charge in [-0.2, -0.15) is 5.26 Å². The molecule has 21 heavy (non-hydrogen) atoms. The number of carbonyl (C=O) groups excluding carboxylic acids is 1. The molecule has 2 rings (SSSR count). The second-order valence-corrected chi connectivity index (χ2v) is 6.06. The summed E-state index contributed by atoms with van der Waals surface area (Å²) in [5.74, 6) is 1.52. The van der Waals surface area contributed by atoms with Crippen LogP contribution in [0, 0.1) is 23.2 Å². The van der Waals surface area contributed by atoms with Crippen molar-refractivity contribution in [1.82, 2.24) is 4.90 Å². The number of hydrogen-bond acceptors (Lipinski definition) is 3. The quantitative estimate of drug-likeness (QED) is 0.858. The third-order valence-corrected chi connectivity index (χ3v) is 3.84. The minimum atomic E-state index is -0.572. The Labute approximate surface area is 126 Å². The van der Waals surface area contributed by atoms with Gasteiger partial charge in [0, 0.05) is 13.1 Å². The van der Waals surface area contributed by atoms with Gasteiger partial charge in [-0.1, -0.05) is 26.0 Å². The van der Waals surface area contributed by atoms with Gasteiger partial charge < -0.3 is 9.64 Å². The van der Waals surface area contributed by atoms with Gasteiger partial charge in [-0.3, -0.25) is 4.79 Å². The molecule has 1 aliphatic rings. The topological polar surface area (TPSA) is 53.3 Å². The number of amides is 1. The molecule has 4 nitrogen and oxygen atoms in total. The van der Waals surface area contributed by atoms with Crippen LogP contribution in [0.3, 0.4) is 0 Å². The molecule has 112 valence electrons. The zero-order chi connectivity index (χ0) is 15.4. The highest BCUT2D eigenvalue weighted by molar-refractivity contribution is 5.81. The molecule has 1 aromatic rings. The van der Waals surface area contributed by atoms with E-state index in [1.54, 1.807) is 31.2 Å². The van der Waals surface area contributed by atoms with Gasteiger partial charge >= 0.3 is 0 Å². The van der Waals surface area contributed by atoms with Crippen molar-refractivity contribution in [1.29, 1.82) is 5.26 Å². The molecule has 3 atom stereocenters. The van der Waals surface area contributed by atoms with Crippen molar-refractivity contribution in [2.75, 3.05) is 13.1 Å². The number of nitriles is 1. The van der Waals surface area contributed by atoms with Crippen LogP contribution in [-0.2, 0) is 4.79 Å². The van der Waals surface area contributed by atoms with E-state index in [0.717, 1.165) is 19.5 Å². The number of ether oxygens (including phenoxy) is 1. The normalized spacial score (nSPS) is 23.2. The fourth-order valence-corrected chi connectivity index (χ4v) is 3.00. The lowest BCUT2D eigenvalue weighted by Gasteiger charge is -2.36. The number of likely N-dealkylation sites (tertiary alicyclic amines) is 1. The average Bonchev–Trinajstić information content (AvgIpc) is 2.46. The number of hydrogen-bond donors (Lipinski definition) is 0. The highest BCUT2D eigenvalue weighted by Gasteiger charge is 2.29. The third kappa shape index (κ3) is 3.75. The second-order valence-electron chi connectivity index (χ2n) is 6.06. The highest BCUT2D eigenvalue weighted by atomic mass is 16.5. The van der Waals surface area contributed by atoms with Crippen molar-refractivity contribution in [2.45, 2.75) is 33.3 Å². The van der Waals surface area contributed by atoms with Crippen LogP contribution in [0.25, 0.3) is 0 Å². The van der Waals surface area contributed by atoms with Crippen LogP contribution in [0.2, 0.25) is 0 Å². The molecule has 1 amide bonds. The van der Waals surface area contributed by atoms with Crippen molar-refractivity contribution < 1.29 is 9.53 Å². The summed E-state index contributed by atoms with van der Waals surface area (Å²) < 4.78 is 5.71. The molecule has 0 saturated carbocycles. The number of carbonyl (C=O) groups is 1. The fraction of sp³-hybridized carbons (Fsp3) is 0.529. The molecule has 0 aromatic heterocycles. The number of para-hydroxylation sites is 1. The molecule has 0 aliphatic carbocycles. The van der Waals surface area contributed by atoms with E-state index in [2.05, 4.69) is 19.9 Å². The van der Waals surface area contributed by atoms with E-state index in [1.807, 2.05) is 4.90 Å². The van der Waals surface area contributed by atoms with E-state index in [4.69, 9.17) is 10.00 Å². The molecule has 0 N–H and O–H groups in total. The van der Waals surface area contributed by atoms with Gasteiger partial charge in [0.25, 0.3) is 5.91 Å². The summed E-state index contributed by atoms with van der Waals surface area (Å²) in [5.41, 5.74) is 0.456. The number of rotatable bonds is 3. The van der Waals surface area contributed by atoms with Gasteiger partial charge in [-0.05, 0) is 37.3 Å². The standard InChI is InChI=1S/C17H22N2O2/c1-12-8-13(2)11-19(10-12)17(20)14(3)21-16-7-5-4-6-15(16)9-18/h4-7,12-14H,8,10-11H2,1-3H3. The van der Waals surface area contributed by atoms with Crippen molar-refractivity contribution in [3.8, 4) is 11.8 Å². The first-order chi connectivity index (χ1) is 10.0. The van der Waals surface area contributed by atoms with Crippen LogP contribution in [0.15, 0.2) is 24.3 Å². The molecule has 1 aliphatic heterocycles. The zero-order valence-electron chi connectivity index (χ0n) is 12.9. The smallest absolute Gasteiger partial charge is 0.263 e. The predicted molar refractivity (Wildman–Crippen MR) is 80.8 cm³/mol. The van der Waals surface area contributed by atoms with Gasteiger partial charge in [-0.15, -0.1) is 0 Å². The van der Waals surface area contributed by atoms with Gasteiger partial charge in [0.15, 0.2) is 6.10 Å². The third-order valence-electron chi connectivity index (χ3n) is 3.84. The molecular formula is C17H22N2O2. The summed E-state index contributed by atoms with van der Waals surface area (Å²) in [4.78, 5) is 14.4. The molecule has 0 bridgehead atoms. The second kappa shape index (κ2) is 6.62. The minimum absolute atomic E-state index is 0.00106. The maximum absolute atomic E-state index is 12.5. The van der Waals surface area contributed by atoms with E-state index in [9.17, 15) is 4.79 Å². The lowest BCUT2D eigenvalue weighted by Crippen LogP contribution is -2.47. The SMILES string of the molecule is CC1CC(C)CN(C(=O)C(C)Oc2ccccc2C#N)C1. The molecule has 0 spiro atoms. The molecule has 1 fully saturated rings. The molecule has 3 unspecified atom stereocenters. The van der Waals surface area contributed by atoms with E-state index < -0.39 is 6.10 Å². The summed E-state index contributed by atoms with van der Waals surface area (Å²) in [7, 11) is 0. The molecular weight excluding hydrogens is 264 g/mol. The van der Waals surface area contributed by atoms with Gasteiger partial charge in [-0.25, -0.2) is 0 Å². The average molecular weight is 286 g/mol. The molecule has 1 aromatic carbocycles. The van der Waals surface area contributed by atoms with Crippen molar-refractivity contribution >= 4 is 5.91 Å². The molecule has 1 heterocycles. The predicted octanol–water partition coefficient (Wildman–Crippen LogP) is 2.83. The number of nitrogens with zero attached hydrogens (tertiary/aromatic N) is 2. The van der Waals surface area contributed by atoms with E-state index in [-0.39, 0.29) is 5.91 Å². The maximum Gasteiger partial charge on any atom is 0.263 e. The Kier molecular flexibility index (Phi) is 4.85. The Balaban J connectivity index is 2.04. The van der Waals surface area contributed by atoms with Crippen LogP contribution in [0.5, 0.6) is 5.75 Å². The Morgan fingerprint density at radius 1 is 1.33 bits per heavy atom. The van der Waals surface area contributed by atoms with E-state index >= 15 is 0 Å². The van der Waals surface area contributed by atoms with Crippen LogP contribution < -0.4 is 4.74 Å². The van der Waals surface area contributed by atoms with Gasteiger partial charge in [0.05, 0.1) is 5.56 Å². The van der Waals surface area contributed by atoms with Crippen molar-refractivity contribution in [3.63, 3.8) is 0 Å². The van der Waals surface area contributed by atoms with Crippen molar-refractivity contribution in [2.24, 2.45) is 11.8 Å². The summed E-state index contributed by atoms with van der Waals surface area (Å²) in [6.07, 6.45) is 0.591. The Morgan fingerprint density at radius 3 is 2.57 bits per heavy atom. The van der Waals surface area contributed by atoms with E-state index in [1.165, 1.54) is 0 Å². The lowest BCUT2D eigenvalue weighted by atomic mass is 9.91. The molecule has 1 saturated heterocycles. The first-order valence-electron chi connectivity index (χ1n) is 7.45. The van der Waals surface area contributed by atoms with Gasteiger partial charge in [0.1, 0.15) is 11.8 Å². The monoisotopic (exact) mass is 286 g/mol. The van der Waals surface area contributed by atoms with Crippen LogP contribution in [-0.4, -0.2) is 30.0 Å². The summed E-state index contributed by atoms with van der Waals surface area (Å²) in [6.45, 7) is 7.67. The summed E-state index contributed by atoms with van der Waals surface area (Å²) in [6, 6.07) is 9.09. The minimum Gasteiger partial charge on any atom is -0.480 e. The first-order valence-corrected chi connectivity index (χ1v) is 7.45. The highest BCUT2D eigenvalue weighted by Crippen LogP contribution is 2.23. The Bertz CT molecular complexity index is 540. The molecule has 0 radical (unpaired) electrons. The molecule has 4 heteroatoms. The Morgan fingerprint density at radius 2 is 1.95 bits per heavy atom. The fourth-order valence-electron chi connectivity index (χ4n) is 3.00. The van der Waals surface area contributed by atoms with Crippen LogP contribution in [0.1, 0.15) is 32.8 Å². The lowest BCUT2D eigenvalue weighted by molar-refractivity contribution is -0.140. The summed E-state index contributed by atoms with van der Waals surface area (Å²) in [5, 5.41) is 9.06. The number of piperidine rings is 1. The van der Waals surface area contributed by atoms with E-state index in [0.29, 0.717) is 23.1 Å². The Hall–Kier alpha value is -2.02. The van der Waals surface area contributed by atoms with Gasteiger partial charge in [0.2, 0.25) is 0 Å². The van der Waals surface area contributed by atoms with Crippen LogP contribution in [0.4, 0.5) is 0 Å². The van der Waals surface area contributed by atoms with Crippen molar-refractivity contribution in [3.05, 3.63) is 29.8 Å². The zero-order valence-corrected chi connectivity index (χ0v) is 12.9. The first kappa shape index (κ1) is 15.4. The largest absolute Gasteiger partial charge is 0.480 e.